The minimum atomic E-state index is -1.00. The van der Waals surface area contributed by atoms with Crippen LogP contribution in [0.15, 0.2) is 30.3 Å². The van der Waals surface area contributed by atoms with Gasteiger partial charge in [0.05, 0.1) is 26.3 Å². The number of nitrogens with zero attached hydrogens (tertiary/aromatic N) is 1. The zero-order valence-electron chi connectivity index (χ0n) is 15.4. The molecule has 1 aromatic rings. The fourth-order valence-electron chi connectivity index (χ4n) is 1.99. The van der Waals surface area contributed by atoms with Gasteiger partial charge in [0.2, 0.25) is 17.7 Å². The van der Waals surface area contributed by atoms with Crippen LogP contribution < -0.4 is 21.7 Å². The number of likely N-dealkylation sites (N-methyl/N-ethyl adjacent to an activating group) is 2. The summed E-state index contributed by atoms with van der Waals surface area (Å²) in [5.41, 5.74) is 6.15. The molecular formula is C17H25N5O5. The smallest absolute Gasteiger partial charge is 0.315 e. The highest BCUT2D eigenvalue weighted by Gasteiger charge is 2.26. The Kier molecular flexibility index (Phi) is 9.30. The molecule has 1 rings (SSSR count). The molecule has 0 aliphatic heterocycles. The first-order valence-corrected chi connectivity index (χ1v) is 8.24. The molecule has 10 heteroatoms. The van der Waals surface area contributed by atoms with Crippen molar-refractivity contribution < 1.29 is 23.9 Å². The van der Waals surface area contributed by atoms with Gasteiger partial charge in [-0.3, -0.25) is 14.4 Å². The number of nitrogens with two attached hydrogens (primary N) is 1. The van der Waals surface area contributed by atoms with Gasteiger partial charge in [0.15, 0.2) is 0 Å². The highest BCUT2D eigenvalue weighted by molar-refractivity contribution is 5.91. The van der Waals surface area contributed by atoms with E-state index in [-0.39, 0.29) is 32.2 Å². The van der Waals surface area contributed by atoms with Crippen LogP contribution in [0.5, 0.6) is 0 Å². The van der Waals surface area contributed by atoms with E-state index in [0.717, 1.165) is 10.5 Å². The minimum Gasteiger partial charge on any atom is -0.374 e. The Balaban J connectivity index is 2.54. The molecule has 0 aliphatic rings. The van der Waals surface area contributed by atoms with Crippen LogP contribution in [-0.2, 0) is 25.7 Å². The van der Waals surface area contributed by atoms with Crippen molar-refractivity contribution in [3.8, 4) is 0 Å². The Hall–Kier alpha value is -3.14. The van der Waals surface area contributed by atoms with Gasteiger partial charge in [-0.25, -0.2) is 4.79 Å². The number of hydrogen-bond donors (Lipinski definition) is 4. The Bertz CT molecular complexity index is 652. The van der Waals surface area contributed by atoms with Crippen molar-refractivity contribution in [2.75, 3.05) is 33.8 Å². The second-order valence-corrected chi connectivity index (χ2v) is 5.63. The standard InChI is InChI=1S/C17H25N5O5/c1-19-14(23)8-20-15(24)9-21-16(25)13(22(2)17(18)26)11-27-10-12-6-4-3-5-7-12/h3-7,13H,8-11H2,1-2H3,(H2,18,26)(H,19,23)(H,20,24)(H,21,25)/t13-/m1/s1. The molecule has 0 aliphatic carbocycles. The molecule has 148 valence electrons. The molecule has 1 aromatic carbocycles. The quantitative estimate of drug-likeness (QED) is 0.394. The first kappa shape index (κ1) is 21.9. The summed E-state index contributed by atoms with van der Waals surface area (Å²) in [6.07, 6.45) is 0. The van der Waals surface area contributed by atoms with E-state index in [9.17, 15) is 19.2 Å². The Labute approximate surface area is 157 Å². The van der Waals surface area contributed by atoms with E-state index >= 15 is 0 Å². The van der Waals surface area contributed by atoms with Crippen molar-refractivity contribution in [3.05, 3.63) is 35.9 Å². The lowest BCUT2D eigenvalue weighted by molar-refractivity contribution is -0.130. The highest BCUT2D eigenvalue weighted by atomic mass is 16.5. The molecule has 0 heterocycles. The topological polar surface area (TPSA) is 143 Å². The summed E-state index contributed by atoms with van der Waals surface area (Å²) in [6.45, 7) is -0.391. The molecule has 27 heavy (non-hydrogen) atoms. The van der Waals surface area contributed by atoms with Crippen molar-refractivity contribution in [3.63, 3.8) is 0 Å². The second-order valence-electron chi connectivity index (χ2n) is 5.63. The molecule has 0 saturated heterocycles. The molecule has 10 nitrogen and oxygen atoms in total. The summed E-state index contributed by atoms with van der Waals surface area (Å²) in [7, 11) is 2.81. The number of carbonyl (C=O) groups is 4. The normalized spacial score (nSPS) is 11.2. The Morgan fingerprint density at radius 3 is 2.30 bits per heavy atom. The van der Waals surface area contributed by atoms with Crippen molar-refractivity contribution in [2.24, 2.45) is 5.73 Å². The summed E-state index contributed by atoms with van der Waals surface area (Å²) in [5, 5.41) is 7.09. The lowest BCUT2D eigenvalue weighted by Crippen LogP contribution is -2.53. The van der Waals surface area contributed by atoms with Gasteiger partial charge in [-0.2, -0.15) is 0 Å². The summed E-state index contributed by atoms with van der Waals surface area (Å²) < 4.78 is 5.51. The van der Waals surface area contributed by atoms with Gasteiger partial charge in [0.1, 0.15) is 6.04 Å². The number of benzene rings is 1. The van der Waals surface area contributed by atoms with E-state index in [1.165, 1.54) is 14.1 Å². The van der Waals surface area contributed by atoms with Gasteiger partial charge in [-0.15, -0.1) is 0 Å². The molecule has 0 radical (unpaired) electrons. The number of hydrogen-bond acceptors (Lipinski definition) is 5. The number of primary amides is 1. The van der Waals surface area contributed by atoms with Gasteiger partial charge < -0.3 is 31.3 Å². The van der Waals surface area contributed by atoms with E-state index in [1.54, 1.807) is 0 Å². The molecule has 0 spiro atoms. The monoisotopic (exact) mass is 379 g/mol. The summed E-state index contributed by atoms with van der Waals surface area (Å²) in [5.74, 6) is -1.51. The number of ether oxygens (including phenoxy) is 1. The van der Waals surface area contributed by atoms with Crippen molar-refractivity contribution >= 4 is 23.8 Å². The van der Waals surface area contributed by atoms with Gasteiger partial charge in [0, 0.05) is 14.1 Å². The lowest BCUT2D eigenvalue weighted by Gasteiger charge is -2.25. The van der Waals surface area contributed by atoms with Crippen LogP contribution in [0, 0.1) is 0 Å². The van der Waals surface area contributed by atoms with E-state index < -0.39 is 23.9 Å². The third-order valence-corrected chi connectivity index (χ3v) is 3.65. The molecule has 0 aromatic heterocycles. The SMILES string of the molecule is CNC(=O)CNC(=O)CNC(=O)[C@@H](COCc1ccccc1)N(C)C(N)=O. The van der Waals surface area contributed by atoms with Gasteiger partial charge >= 0.3 is 6.03 Å². The number of nitrogens with one attached hydrogen (secondary N) is 3. The molecule has 0 bridgehead atoms. The summed E-state index contributed by atoms with van der Waals surface area (Å²) in [4.78, 5) is 47.5. The lowest BCUT2D eigenvalue weighted by atomic mass is 10.2. The fourth-order valence-corrected chi connectivity index (χ4v) is 1.99. The highest BCUT2D eigenvalue weighted by Crippen LogP contribution is 2.04. The summed E-state index contributed by atoms with van der Waals surface area (Å²) in [6, 6.07) is 7.51. The van der Waals surface area contributed by atoms with Gasteiger partial charge in [-0.1, -0.05) is 30.3 Å². The number of rotatable bonds is 10. The molecule has 5 amide bonds. The van der Waals surface area contributed by atoms with Crippen LogP contribution in [-0.4, -0.2) is 68.5 Å². The number of carbonyl (C=O) groups excluding carboxylic acids is 4. The first-order valence-electron chi connectivity index (χ1n) is 8.24. The van der Waals surface area contributed by atoms with Crippen LogP contribution in [0.4, 0.5) is 4.79 Å². The van der Waals surface area contributed by atoms with Crippen molar-refractivity contribution in [1.29, 1.82) is 0 Å². The van der Waals surface area contributed by atoms with Crippen molar-refractivity contribution in [2.45, 2.75) is 12.6 Å². The van der Waals surface area contributed by atoms with E-state index in [0.29, 0.717) is 0 Å². The molecular weight excluding hydrogens is 354 g/mol. The largest absolute Gasteiger partial charge is 0.374 e. The Morgan fingerprint density at radius 1 is 1.07 bits per heavy atom. The zero-order chi connectivity index (χ0) is 20.2. The maximum absolute atomic E-state index is 12.3. The molecule has 5 N–H and O–H groups in total. The zero-order valence-corrected chi connectivity index (χ0v) is 15.4. The van der Waals surface area contributed by atoms with Gasteiger partial charge in [-0.05, 0) is 5.56 Å². The van der Waals surface area contributed by atoms with Crippen LogP contribution in [0.3, 0.4) is 0 Å². The maximum atomic E-state index is 12.3. The average Bonchev–Trinajstić information content (AvgIpc) is 2.67. The second kappa shape index (κ2) is 11.5. The fraction of sp³-hybridized carbons (Fsp3) is 0.412. The molecule has 0 unspecified atom stereocenters. The Morgan fingerprint density at radius 2 is 1.70 bits per heavy atom. The van der Waals surface area contributed by atoms with E-state index in [2.05, 4.69) is 16.0 Å². The third-order valence-electron chi connectivity index (χ3n) is 3.65. The number of amides is 5. The average molecular weight is 379 g/mol. The molecule has 0 fully saturated rings. The predicted molar refractivity (Wildman–Crippen MR) is 97.3 cm³/mol. The number of urea groups is 1. The third kappa shape index (κ3) is 8.19. The molecule has 1 atom stereocenters. The maximum Gasteiger partial charge on any atom is 0.315 e. The molecule has 0 saturated carbocycles. The first-order chi connectivity index (χ1) is 12.8. The van der Waals surface area contributed by atoms with Crippen LogP contribution >= 0.6 is 0 Å². The predicted octanol–water partition coefficient (Wildman–Crippen LogP) is -1.44. The minimum absolute atomic E-state index is 0.0972. The van der Waals surface area contributed by atoms with Crippen LogP contribution in [0.2, 0.25) is 0 Å². The van der Waals surface area contributed by atoms with Crippen LogP contribution in [0.1, 0.15) is 5.56 Å². The summed E-state index contributed by atoms with van der Waals surface area (Å²) >= 11 is 0. The van der Waals surface area contributed by atoms with Crippen molar-refractivity contribution in [1.82, 2.24) is 20.9 Å². The van der Waals surface area contributed by atoms with E-state index in [4.69, 9.17) is 10.5 Å². The van der Waals surface area contributed by atoms with Crippen LogP contribution in [0.25, 0.3) is 0 Å². The van der Waals surface area contributed by atoms with E-state index in [1.807, 2.05) is 30.3 Å². The van der Waals surface area contributed by atoms with Gasteiger partial charge in [0.25, 0.3) is 0 Å².